The van der Waals surface area contributed by atoms with Crippen LogP contribution in [0.15, 0.2) is 0 Å². The van der Waals surface area contributed by atoms with E-state index in [2.05, 4.69) is 0 Å². The van der Waals surface area contributed by atoms with Crippen molar-refractivity contribution in [2.24, 2.45) is 11.8 Å². The molecule has 0 aliphatic carbocycles. The summed E-state index contributed by atoms with van der Waals surface area (Å²) in [4.78, 5) is 22.2. The molecule has 0 aromatic carbocycles. The lowest BCUT2D eigenvalue weighted by atomic mass is 9.97. The zero-order chi connectivity index (χ0) is 12.3. The molecule has 0 N–H and O–H groups in total. The topological polar surface area (TPSA) is 52.6 Å². The minimum Gasteiger partial charge on any atom is -0.462 e. The number of hydrogen-bond donors (Lipinski definition) is 0. The summed E-state index contributed by atoms with van der Waals surface area (Å²) in [5, 5.41) is 0. The van der Waals surface area contributed by atoms with E-state index in [1.54, 1.807) is 0 Å². The van der Waals surface area contributed by atoms with Gasteiger partial charge in [-0.2, -0.15) is 0 Å². The normalized spacial score (nSPS) is 26.7. The van der Waals surface area contributed by atoms with Crippen molar-refractivity contribution >= 4 is 11.9 Å². The summed E-state index contributed by atoms with van der Waals surface area (Å²) >= 11 is 0. The van der Waals surface area contributed by atoms with Gasteiger partial charge in [-0.3, -0.25) is 9.59 Å². The minimum atomic E-state index is -0.281. The SMILES string of the molecule is CC(=O)OC(CC1CC(C)C(=O)O1)C(C)C. The monoisotopic (exact) mass is 228 g/mol. The Morgan fingerprint density at radius 1 is 1.56 bits per heavy atom. The Labute approximate surface area is 96.3 Å². The van der Waals surface area contributed by atoms with Crippen molar-refractivity contribution in [2.75, 3.05) is 0 Å². The fourth-order valence-corrected chi connectivity index (χ4v) is 1.89. The quantitative estimate of drug-likeness (QED) is 0.690. The molecule has 4 heteroatoms. The summed E-state index contributed by atoms with van der Waals surface area (Å²) < 4.78 is 10.4. The molecule has 1 fully saturated rings. The highest BCUT2D eigenvalue weighted by Crippen LogP contribution is 2.26. The second-order valence-electron chi connectivity index (χ2n) is 4.82. The predicted octanol–water partition coefficient (Wildman–Crippen LogP) is 1.92. The van der Waals surface area contributed by atoms with Crippen LogP contribution < -0.4 is 0 Å². The first-order valence-corrected chi connectivity index (χ1v) is 5.77. The molecule has 1 aliphatic rings. The largest absolute Gasteiger partial charge is 0.462 e. The fraction of sp³-hybridized carbons (Fsp3) is 0.833. The van der Waals surface area contributed by atoms with Crippen LogP contribution in [0, 0.1) is 11.8 Å². The Morgan fingerprint density at radius 3 is 2.56 bits per heavy atom. The summed E-state index contributed by atoms with van der Waals surface area (Å²) in [6, 6.07) is 0. The van der Waals surface area contributed by atoms with Crippen LogP contribution >= 0.6 is 0 Å². The van der Waals surface area contributed by atoms with Gasteiger partial charge in [0.15, 0.2) is 0 Å². The van der Waals surface area contributed by atoms with E-state index in [9.17, 15) is 9.59 Å². The summed E-state index contributed by atoms with van der Waals surface area (Å²) in [5.74, 6) is -0.222. The van der Waals surface area contributed by atoms with Crippen molar-refractivity contribution in [1.29, 1.82) is 0 Å². The molecular formula is C12H20O4. The van der Waals surface area contributed by atoms with Gasteiger partial charge in [0.2, 0.25) is 0 Å². The second-order valence-corrected chi connectivity index (χ2v) is 4.82. The Morgan fingerprint density at radius 2 is 2.19 bits per heavy atom. The number of carbonyl (C=O) groups excluding carboxylic acids is 2. The van der Waals surface area contributed by atoms with Gasteiger partial charge in [-0.25, -0.2) is 0 Å². The predicted molar refractivity (Wildman–Crippen MR) is 58.7 cm³/mol. The van der Waals surface area contributed by atoms with E-state index in [-0.39, 0.29) is 36.0 Å². The van der Waals surface area contributed by atoms with E-state index < -0.39 is 0 Å². The molecule has 1 aliphatic heterocycles. The van der Waals surface area contributed by atoms with Crippen LogP contribution in [0.5, 0.6) is 0 Å². The van der Waals surface area contributed by atoms with E-state index in [1.165, 1.54) is 6.92 Å². The smallest absolute Gasteiger partial charge is 0.309 e. The second kappa shape index (κ2) is 5.32. The van der Waals surface area contributed by atoms with E-state index in [0.717, 1.165) is 6.42 Å². The number of hydrogen-bond acceptors (Lipinski definition) is 4. The Balaban J connectivity index is 2.49. The molecular weight excluding hydrogens is 208 g/mol. The van der Waals surface area contributed by atoms with Gasteiger partial charge in [0.25, 0.3) is 0 Å². The van der Waals surface area contributed by atoms with E-state index >= 15 is 0 Å². The average molecular weight is 228 g/mol. The third-order valence-corrected chi connectivity index (χ3v) is 2.86. The highest BCUT2D eigenvalue weighted by molar-refractivity contribution is 5.74. The van der Waals surface area contributed by atoms with E-state index in [0.29, 0.717) is 6.42 Å². The van der Waals surface area contributed by atoms with Crippen LogP contribution in [-0.4, -0.2) is 24.1 Å². The fourth-order valence-electron chi connectivity index (χ4n) is 1.89. The average Bonchev–Trinajstić information content (AvgIpc) is 2.44. The van der Waals surface area contributed by atoms with Gasteiger partial charge in [-0.05, 0) is 12.3 Å². The zero-order valence-corrected chi connectivity index (χ0v) is 10.4. The van der Waals surface area contributed by atoms with Crippen LogP contribution in [0.4, 0.5) is 0 Å². The molecule has 0 radical (unpaired) electrons. The first kappa shape index (κ1) is 13.0. The standard InChI is InChI=1S/C12H20O4/c1-7(2)11(15-9(4)13)6-10-5-8(3)12(14)16-10/h7-8,10-11H,5-6H2,1-4H3. The summed E-state index contributed by atoms with van der Waals surface area (Å²) in [7, 11) is 0. The van der Waals surface area contributed by atoms with Crippen molar-refractivity contribution in [2.45, 2.75) is 52.7 Å². The van der Waals surface area contributed by atoms with Crippen molar-refractivity contribution in [1.82, 2.24) is 0 Å². The maximum absolute atomic E-state index is 11.2. The minimum absolute atomic E-state index is 0.0323. The molecule has 1 heterocycles. The van der Waals surface area contributed by atoms with Crippen molar-refractivity contribution in [3.05, 3.63) is 0 Å². The molecule has 1 saturated heterocycles. The van der Waals surface area contributed by atoms with Gasteiger partial charge in [0.1, 0.15) is 12.2 Å². The summed E-state index contributed by atoms with van der Waals surface area (Å²) in [5.41, 5.74) is 0. The molecule has 0 saturated carbocycles. The van der Waals surface area contributed by atoms with Crippen LogP contribution in [0.3, 0.4) is 0 Å². The Bertz CT molecular complexity index is 272. The molecule has 0 bridgehead atoms. The van der Waals surface area contributed by atoms with E-state index in [1.807, 2.05) is 20.8 Å². The molecule has 0 aromatic rings. The molecule has 92 valence electrons. The van der Waals surface area contributed by atoms with E-state index in [4.69, 9.17) is 9.47 Å². The summed E-state index contributed by atoms with van der Waals surface area (Å²) in [6.07, 6.45) is 1.06. The first-order chi connectivity index (χ1) is 7.40. The number of ether oxygens (including phenoxy) is 2. The van der Waals surface area contributed by atoms with Crippen LogP contribution in [0.1, 0.15) is 40.5 Å². The van der Waals surface area contributed by atoms with Crippen molar-refractivity contribution in [3.63, 3.8) is 0 Å². The molecule has 1 rings (SSSR count). The number of rotatable bonds is 4. The van der Waals surface area contributed by atoms with Gasteiger partial charge in [-0.1, -0.05) is 20.8 Å². The number of esters is 2. The number of carbonyl (C=O) groups is 2. The molecule has 16 heavy (non-hydrogen) atoms. The molecule has 3 atom stereocenters. The van der Waals surface area contributed by atoms with Crippen molar-refractivity contribution < 1.29 is 19.1 Å². The molecule has 3 unspecified atom stereocenters. The van der Waals surface area contributed by atoms with Gasteiger partial charge in [0, 0.05) is 13.3 Å². The van der Waals surface area contributed by atoms with Gasteiger partial charge < -0.3 is 9.47 Å². The number of cyclic esters (lactones) is 1. The lowest BCUT2D eigenvalue weighted by molar-refractivity contribution is -0.152. The maximum atomic E-state index is 11.2. The van der Waals surface area contributed by atoms with Crippen LogP contribution in [-0.2, 0) is 19.1 Å². The molecule has 0 amide bonds. The lowest BCUT2D eigenvalue weighted by Gasteiger charge is -2.23. The molecule has 0 aromatic heterocycles. The zero-order valence-electron chi connectivity index (χ0n) is 10.4. The van der Waals surface area contributed by atoms with Gasteiger partial charge in [0.05, 0.1) is 5.92 Å². The van der Waals surface area contributed by atoms with Crippen molar-refractivity contribution in [3.8, 4) is 0 Å². The first-order valence-electron chi connectivity index (χ1n) is 5.77. The maximum Gasteiger partial charge on any atom is 0.309 e. The Kier molecular flexibility index (Phi) is 4.33. The molecule has 0 spiro atoms. The highest BCUT2D eigenvalue weighted by Gasteiger charge is 2.34. The lowest BCUT2D eigenvalue weighted by Crippen LogP contribution is -2.27. The third kappa shape index (κ3) is 3.51. The highest BCUT2D eigenvalue weighted by atomic mass is 16.6. The van der Waals surface area contributed by atoms with Gasteiger partial charge >= 0.3 is 11.9 Å². The Hall–Kier alpha value is -1.06. The van der Waals surface area contributed by atoms with Gasteiger partial charge in [-0.15, -0.1) is 0 Å². The van der Waals surface area contributed by atoms with Crippen LogP contribution in [0.25, 0.3) is 0 Å². The molecule has 4 nitrogen and oxygen atoms in total. The summed E-state index contributed by atoms with van der Waals surface area (Å²) in [6.45, 7) is 7.25. The van der Waals surface area contributed by atoms with Crippen LogP contribution in [0.2, 0.25) is 0 Å². The third-order valence-electron chi connectivity index (χ3n) is 2.86.